The summed E-state index contributed by atoms with van der Waals surface area (Å²) in [5, 5.41) is 14.9. The molecule has 2 aromatic carbocycles. The van der Waals surface area contributed by atoms with Gasteiger partial charge in [0, 0.05) is 12.1 Å². The highest BCUT2D eigenvalue weighted by Crippen LogP contribution is 2.27. The lowest BCUT2D eigenvalue weighted by atomic mass is 9.96. The van der Waals surface area contributed by atoms with Gasteiger partial charge in [-0.2, -0.15) is 0 Å². The number of hydrogen-bond acceptors (Lipinski definition) is 5. The van der Waals surface area contributed by atoms with E-state index in [1.54, 1.807) is 12.1 Å². The smallest absolute Gasteiger partial charge is 0.305 e. The SMILES string of the molecule is Cc1nc2ccccc2nc1N[C@H](CC(C)C)c1ccc(C(=O)NCCC(=O)O)cc1. The second-order valence-corrected chi connectivity index (χ2v) is 7.99. The zero-order chi connectivity index (χ0) is 22.4. The summed E-state index contributed by atoms with van der Waals surface area (Å²) >= 11 is 0. The molecule has 3 N–H and O–H groups in total. The fourth-order valence-corrected chi connectivity index (χ4v) is 3.39. The summed E-state index contributed by atoms with van der Waals surface area (Å²) in [5.41, 5.74) is 4.09. The summed E-state index contributed by atoms with van der Waals surface area (Å²) < 4.78 is 0. The van der Waals surface area contributed by atoms with Crippen LogP contribution in [0.4, 0.5) is 5.82 Å². The first-order chi connectivity index (χ1) is 14.8. The summed E-state index contributed by atoms with van der Waals surface area (Å²) in [6.45, 7) is 6.38. The number of nitrogens with zero attached hydrogens (tertiary/aromatic N) is 2. The van der Waals surface area contributed by atoms with Crippen molar-refractivity contribution in [3.05, 3.63) is 65.4 Å². The van der Waals surface area contributed by atoms with E-state index in [0.717, 1.165) is 34.5 Å². The Balaban J connectivity index is 1.79. The first-order valence-corrected chi connectivity index (χ1v) is 10.4. The number of carbonyl (C=O) groups excluding carboxylic acids is 1. The van der Waals surface area contributed by atoms with E-state index < -0.39 is 5.97 Å². The van der Waals surface area contributed by atoms with Gasteiger partial charge in [-0.1, -0.05) is 38.1 Å². The van der Waals surface area contributed by atoms with Crippen molar-refractivity contribution in [1.82, 2.24) is 15.3 Å². The van der Waals surface area contributed by atoms with Gasteiger partial charge in [0.15, 0.2) is 0 Å². The maximum Gasteiger partial charge on any atom is 0.305 e. The molecule has 3 aromatic rings. The Morgan fingerprint density at radius 1 is 1.00 bits per heavy atom. The number of carbonyl (C=O) groups is 2. The molecule has 0 aliphatic rings. The minimum absolute atomic E-state index is 0.0123. The molecule has 0 radical (unpaired) electrons. The molecule has 0 aliphatic carbocycles. The maximum absolute atomic E-state index is 12.2. The van der Waals surface area contributed by atoms with Gasteiger partial charge in [0.25, 0.3) is 5.91 Å². The van der Waals surface area contributed by atoms with Crippen LogP contribution in [0.2, 0.25) is 0 Å². The molecule has 0 saturated heterocycles. The molecule has 0 saturated carbocycles. The lowest BCUT2D eigenvalue weighted by Gasteiger charge is -2.23. The summed E-state index contributed by atoms with van der Waals surface area (Å²) in [6.07, 6.45) is 0.786. The lowest BCUT2D eigenvalue weighted by Crippen LogP contribution is -2.26. The van der Waals surface area contributed by atoms with Crippen LogP contribution in [0.3, 0.4) is 0 Å². The molecule has 1 atom stereocenters. The van der Waals surface area contributed by atoms with Gasteiger partial charge in [-0.25, -0.2) is 9.97 Å². The molecule has 0 unspecified atom stereocenters. The number of benzene rings is 2. The quantitative estimate of drug-likeness (QED) is 0.476. The van der Waals surface area contributed by atoms with Crippen LogP contribution in [0.25, 0.3) is 11.0 Å². The maximum atomic E-state index is 12.2. The number of hydrogen-bond donors (Lipinski definition) is 3. The van der Waals surface area contributed by atoms with Crippen LogP contribution in [-0.4, -0.2) is 33.5 Å². The first-order valence-electron chi connectivity index (χ1n) is 10.4. The first kappa shape index (κ1) is 22.2. The van der Waals surface area contributed by atoms with E-state index in [2.05, 4.69) is 29.5 Å². The summed E-state index contributed by atoms with van der Waals surface area (Å²) in [4.78, 5) is 32.2. The fourth-order valence-electron chi connectivity index (χ4n) is 3.39. The van der Waals surface area contributed by atoms with Gasteiger partial charge in [0.2, 0.25) is 0 Å². The Labute approximate surface area is 181 Å². The van der Waals surface area contributed by atoms with Gasteiger partial charge in [0.05, 0.1) is 29.2 Å². The molecule has 0 fully saturated rings. The monoisotopic (exact) mass is 420 g/mol. The van der Waals surface area contributed by atoms with Crippen LogP contribution in [0, 0.1) is 12.8 Å². The summed E-state index contributed by atoms with van der Waals surface area (Å²) in [7, 11) is 0. The van der Waals surface area contributed by atoms with Crippen molar-refractivity contribution in [3.8, 4) is 0 Å². The molecule has 0 spiro atoms. The predicted octanol–water partition coefficient (Wildman–Crippen LogP) is 4.34. The number of para-hydroxylation sites is 2. The number of nitrogens with one attached hydrogen (secondary N) is 2. The number of amides is 1. The Kier molecular flexibility index (Phi) is 7.18. The molecule has 1 amide bonds. The van der Waals surface area contributed by atoms with Crippen LogP contribution in [0.5, 0.6) is 0 Å². The third kappa shape index (κ3) is 6.01. The summed E-state index contributed by atoms with van der Waals surface area (Å²) in [6, 6.07) is 15.2. The predicted molar refractivity (Wildman–Crippen MR) is 121 cm³/mol. The molecule has 31 heavy (non-hydrogen) atoms. The van der Waals surface area contributed by atoms with Crippen molar-refractivity contribution in [1.29, 1.82) is 0 Å². The molecular weight excluding hydrogens is 392 g/mol. The number of fused-ring (bicyclic) bond motifs is 1. The van der Waals surface area contributed by atoms with Gasteiger partial charge in [-0.05, 0) is 49.1 Å². The lowest BCUT2D eigenvalue weighted by molar-refractivity contribution is -0.136. The molecule has 1 aromatic heterocycles. The number of aryl methyl sites for hydroxylation is 1. The third-order valence-electron chi connectivity index (χ3n) is 4.96. The van der Waals surface area contributed by atoms with E-state index in [1.807, 2.05) is 43.3 Å². The van der Waals surface area contributed by atoms with Crippen molar-refractivity contribution in [2.45, 2.75) is 39.7 Å². The van der Waals surface area contributed by atoms with E-state index in [9.17, 15) is 9.59 Å². The minimum Gasteiger partial charge on any atom is -0.481 e. The van der Waals surface area contributed by atoms with Crippen molar-refractivity contribution in [2.24, 2.45) is 5.92 Å². The van der Waals surface area contributed by atoms with E-state index in [0.29, 0.717) is 11.5 Å². The van der Waals surface area contributed by atoms with E-state index >= 15 is 0 Å². The van der Waals surface area contributed by atoms with Gasteiger partial charge < -0.3 is 15.7 Å². The number of aromatic nitrogens is 2. The van der Waals surface area contributed by atoms with Crippen molar-refractivity contribution >= 4 is 28.7 Å². The molecule has 0 aliphatic heterocycles. The zero-order valence-corrected chi connectivity index (χ0v) is 18.1. The second kappa shape index (κ2) is 10.0. The van der Waals surface area contributed by atoms with Gasteiger partial charge >= 0.3 is 5.97 Å². The average molecular weight is 421 g/mol. The fraction of sp³-hybridized carbons (Fsp3) is 0.333. The summed E-state index contributed by atoms with van der Waals surface area (Å²) in [5.74, 6) is -0.0206. The van der Waals surface area contributed by atoms with Gasteiger partial charge in [-0.15, -0.1) is 0 Å². The highest BCUT2D eigenvalue weighted by Gasteiger charge is 2.17. The topological polar surface area (TPSA) is 104 Å². The molecule has 0 bridgehead atoms. The van der Waals surface area contributed by atoms with Crippen molar-refractivity contribution < 1.29 is 14.7 Å². The van der Waals surface area contributed by atoms with Crippen molar-refractivity contribution in [2.75, 3.05) is 11.9 Å². The van der Waals surface area contributed by atoms with E-state index in [4.69, 9.17) is 10.1 Å². The Morgan fingerprint density at radius 2 is 1.65 bits per heavy atom. The number of carboxylic acids is 1. The molecule has 3 rings (SSSR count). The zero-order valence-electron chi connectivity index (χ0n) is 18.1. The second-order valence-electron chi connectivity index (χ2n) is 7.99. The van der Waals surface area contributed by atoms with Gasteiger partial charge in [0.1, 0.15) is 5.82 Å². The van der Waals surface area contributed by atoms with Crippen LogP contribution in [-0.2, 0) is 4.79 Å². The van der Waals surface area contributed by atoms with E-state index in [-0.39, 0.29) is 24.9 Å². The third-order valence-corrected chi connectivity index (χ3v) is 4.96. The van der Waals surface area contributed by atoms with Crippen LogP contribution in [0.15, 0.2) is 48.5 Å². The standard InChI is InChI=1S/C24H28N4O3/c1-15(2)14-21(28-23-16(3)26-19-6-4-5-7-20(19)27-23)17-8-10-18(11-9-17)24(31)25-13-12-22(29)30/h4-11,15,21H,12-14H2,1-3H3,(H,25,31)(H,27,28)(H,29,30)/t21-/m1/s1. The Morgan fingerprint density at radius 3 is 2.26 bits per heavy atom. The minimum atomic E-state index is -0.940. The largest absolute Gasteiger partial charge is 0.481 e. The van der Waals surface area contributed by atoms with Crippen LogP contribution >= 0.6 is 0 Å². The molecule has 162 valence electrons. The Bertz CT molecular complexity index is 1060. The van der Waals surface area contributed by atoms with Crippen LogP contribution in [0.1, 0.15) is 54.3 Å². The molecule has 7 nitrogen and oxygen atoms in total. The normalized spacial score (nSPS) is 12.0. The van der Waals surface area contributed by atoms with Crippen molar-refractivity contribution in [3.63, 3.8) is 0 Å². The van der Waals surface area contributed by atoms with E-state index in [1.165, 1.54) is 0 Å². The van der Waals surface area contributed by atoms with Crippen LogP contribution < -0.4 is 10.6 Å². The number of carboxylic acid groups (broad SMARTS) is 1. The number of anilines is 1. The molecular formula is C24H28N4O3. The number of aliphatic carboxylic acids is 1. The van der Waals surface area contributed by atoms with Gasteiger partial charge in [-0.3, -0.25) is 9.59 Å². The average Bonchev–Trinajstić information content (AvgIpc) is 2.73. The molecule has 7 heteroatoms. The number of rotatable bonds is 9. The highest BCUT2D eigenvalue weighted by atomic mass is 16.4. The highest BCUT2D eigenvalue weighted by molar-refractivity contribution is 5.94. The Hall–Kier alpha value is -3.48. The molecule has 1 heterocycles.